The van der Waals surface area contributed by atoms with E-state index in [1.54, 1.807) is 6.20 Å². The van der Waals surface area contributed by atoms with Gasteiger partial charge in [-0.3, -0.25) is 4.57 Å². The van der Waals surface area contributed by atoms with E-state index in [0.29, 0.717) is 23.1 Å². The van der Waals surface area contributed by atoms with Gasteiger partial charge in [0.15, 0.2) is 5.65 Å². The van der Waals surface area contributed by atoms with Crippen LogP contribution in [0.1, 0.15) is 44.6 Å². The Hall–Kier alpha value is -2.46. The number of imidazole rings is 1. The van der Waals surface area contributed by atoms with E-state index >= 15 is 0 Å². The van der Waals surface area contributed by atoms with E-state index in [4.69, 9.17) is 4.98 Å². The first-order valence-corrected chi connectivity index (χ1v) is 12.2. The summed E-state index contributed by atoms with van der Waals surface area (Å²) in [4.78, 5) is 13.9. The van der Waals surface area contributed by atoms with E-state index < -0.39 is 11.6 Å². The molecule has 2 fully saturated rings. The molecule has 3 N–H and O–H groups in total. The molecule has 1 saturated carbocycles. The van der Waals surface area contributed by atoms with Crippen LogP contribution in [0.15, 0.2) is 24.4 Å². The predicted molar refractivity (Wildman–Crippen MR) is 122 cm³/mol. The number of anilines is 3. The maximum absolute atomic E-state index is 14.3. The number of aromatic nitrogens is 4. The summed E-state index contributed by atoms with van der Waals surface area (Å²) in [7, 11) is 0. The van der Waals surface area contributed by atoms with Gasteiger partial charge in [0, 0.05) is 18.2 Å². The van der Waals surface area contributed by atoms with Crippen molar-refractivity contribution in [2.75, 3.05) is 22.1 Å². The fourth-order valence-corrected chi connectivity index (χ4v) is 5.53. The zero-order chi connectivity index (χ0) is 22.1. The first kappa shape index (κ1) is 21.4. The lowest BCUT2D eigenvalue weighted by Gasteiger charge is -2.26. The van der Waals surface area contributed by atoms with Gasteiger partial charge in [-0.15, -0.1) is 0 Å². The number of nitrogens with one attached hydrogen (secondary N) is 2. The van der Waals surface area contributed by atoms with Crippen molar-refractivity contribution in [3.05, 3.63) is 36.0 Å². The molecule has 170 valence electrons. The fourth-order valence-electron chi connectivity index (χ4n) is 4.45. The molecular weight excluding hydrogens is 434 g/mol. The van der Waals surface area contributed by atoms with Crippen LogP contribution in [0.3, 0.4) is 0 Å². The number of hydrogen-bond donors (Lipinski definition) is 3. The van der Waals surface area contributed by atoms with E-state index in [1.165, 1.54) is 12.1 Å². The van der Waals surface area contributed by atoms with Crippen LogP contribution >= 0.6 is 11.8 Å². The summed E-state index contributed by atoms with van der Waals surface area (Å²) in [6.45, 7) is 0. The Morgan fingerprint density at radius 2 is 1.81 bits per heavy atom. The summed E-state index contributed by atoms with van der Waals surface area (Å²) >= 11 is 1.92. The molecule has 10 heteroatoms. The number of benzene rings is 1. The maximum atomic E-state index is 14.3. The monoisotopic (exact) mass is 460 g/mol. The minimum absolute atomic E-state index is 0.167. The molecule has 3 heterocycles. The Morgan fingerprint density at radius 3 is 2.56 bits per heavy atom. The Morgan fingerprint density at radius 1 is 1.03 bits per heavy atom. The van der Waals surface area contributed by atoms with Crippen LogP contribution in [-0.4, -0.2) is 48.3 Å². The van der Waals surface area contributed by atoms with Crippen molar-refractivity contribution in [3.8, 4) is 0 Å². The van der Waals surface area contributed by atoms with Crippen molar-refractivity contribution in [2.24, 2.45) is 0 Å². The second kappa shape index (κ2) is 9.19. The molecule has 1 saturated heterocycles. The van der Waals surface area contributed by atoms with Gasteiger partial charge in [0.1, 0.15) is 17.2 Å². The quantitative estimate of drug-likeness (QED) is 0.512. The number of halogens is 2. The molecule has 1 aliphatic heterocycles. The fraction of sp³-hybridized carbons (Fsp3) is 0.500. The highest BCUT2D eigenvalue weighted by molar-refractivity contribution is 7.99. The molecule has 0 amide bonds. The van der Waals surface area contributed by atoms with Gasteiger partial charge < -0.3 is 15.7 Å². The van der Waals surface area contributed by atoms with E-state index in [9.17, 15) is 13.9 Å². The third-order valence-corrected chi connectivity index (χ3v) is 7.25. The van der Waals surface area contributed by atoms with E-state index in [2.05, 4.69) is 20.6 Å². The summed E-state index contributed by atoms with van der Waals surface area (Å²) in [6, 6.07) is 3.86. The zero-order valence-corrected chi connectivity index (χ0v) is 18.4. The normalized spacial score (nSPS) is 22.2. The van der Waals surface area contributed by atoms with Crippen LogP contribution in [0.25, 0.3) is 11.2 Å². The molecule has 7 nitrogen and oxygen atoms in total. The minimum atomic E-state index is -0.671. The van der Waals surface area contributed by atoms with Crippen LogP contribution in [0.5, 0.6) is 0 Å². The van der Waals surface area contributed by atoms with Crippen LogP contribution in [0.2, 0.25) is 0 Å². The first-order valence-electron chi connectivity index (χ1n) is 11.1. The maximum Gasteiger partial charge on any atom is 0.224 e. The molecule has 2 aromatic heterocycles. The number of fused-ring (bicyclic) bond motifs is 1. The molecule has 1 aromatic carbocycles. The smallest absolute Gasteiger partial charge is 0.224 e. The Kier molecular flexibility index (Phi) is 6.14. The molecule has 32 heavy (non-hydrogen) atoms. The number of aliphatic hydroxyl groups is 1. The van der Waals surface area contributed by atoms with Crippen LogP contribution in [0.4, 0.5) is 26.4 Å². The van der Waals surface area contributed by atoms with Gasteiger partial charge in [0.2, 0.25) is 11.9 Å². The standard InChI is InChI=1S/C22H26F2N6OS/c23-13-1-6-18(17(24)11-13)27-22-28-19-12-25-21(26-14-2-4-16(31)5-3-14)29-20(19)30(22)15-7-9-32-10-8-15/h1,6,11-12,14-16,31H,2-5,7-10H2,(H,27,28)(H,25,26,29). The van der Waals surface area contributed by atoms with Crippen molar-refractivity contribution < 1.29 is 13.9 Å². The summed E-state index contributed by atoms with van der Waals surface area (Å²) in [5, 5.41) is 16.2. The molecule has 0 unspecified atom stereocenters. The SMILES string of the molecule is OC1CCC(Nc2ncc3nc(Nc4ccc(F)cc4F)n(C4CCSCC4)c3n2)CC1. The summed E-state index contributed by atoms with van der Waals surface area (Å²) in [5.41, 5.74) is 1.48. The van der Waals surface area contributed by atoms with E-state index in [0.717, 1.165) is 56.1 Å². The van der Waals surface area contributed by atoms with Gasteiger partial charge in [-0.1, -0.05) is 0 Å². The van der Waals surface area contributed by atoms with Crippen molar-refractivity contribution in [1.29, 1.82) is 0 Å². The zero-order valence-electron chi connectivity index (χ0n) is 17.6. The van der Waals surface area contributed by atoms with Crippen LogP contribution in [-0.2, 0) is 0 Å². The number of thioether (sulfide) groups is 1. The second-order valence-corrected chi connectivity index (χ2v) is 9.68. The second-order valence-electron chi connectivity index (χ2n) is 8.45. The molecule has 0 atom stereocenters. The van der Waals surface area contributed by atoms with Crippen molar-refractivity contribution in [1.82, 2.24) is 19.5 Å². The lowest BCUT2D eigenvalue weighted by Crippen LogP contribution is -2.29. The molecule has 0 radical (unpaired) electrons. The van der Waals surface area contributed by atoms with Crippen molar-refractivity contribution in [2.45, 2.75) is 56.7 Å². The largest absolute Gasteiger partial charge is 0.393 e. The van der Waals surface area contributed by atoms with Crippen molar-refractivity contribution in [3.63, 3.8) is 0 Å². The lowest BCUT2D eigenvalue weighted by atomic mass is 9.93. The molecule has 2 aliphatic rings. The minimum Gasteiger partial charge on any atom is -0.393 e. The third-order valence-electron chi connectivity index (χ3n) is 6.20. The van der Waals surface area contributed by atoms with Gasteiger partial charge in [-0.2, -0.15) is 16.7 Å². The first-order chi connectivity index (χ1) is 15.6. The van der Waals surface area contributed by atoms with E-state index in [-0.39, 0.29) is 23.9 Å². The molecule has 5 rings (SSSR count). The molecule has 0 bridgehead atoms. The van der Waals surface area contributed by atoms with Crippen LogP contribution in [0, 0.1) is 11.6 Å². The Balaban J connectivity index is 1.49. The molecule has 3 aromatic rings. The average molecular weight is 461 g/mol. The van der Waals surface area contributed by atoms with E-state index in [1.807, 2.05) is 16.3 Å². The lowest BCUT2D eigenvalue weighted by molar-refractivity contribution is 0.126. The molecule has 1 aliphatic carbocycles. The topological polar surface area (TPSA) is 87.9 Å². The van der Waals surface area contributed by atoms with Crippen LogP contribution < -0.4 is 10.6 Å². The highest BCUT2D eigenvalue weighted by atomic mass is 32.2. The highest BCUT2D eigenvalue weighted by Crippen LogP contribution is 2.34. The molecular formula is C22H26F2N6OS. The summed E-state index contributed by atoms with van der Waals surface area (Å²) in [5.74, 6) is 1.79. The van der Waals surface area contributed by atoms with Crippen molar-refractivity contribution >= 4 is 40.5 Å². The van der Waals surface area contributed by atoms with Gasteiger partial charge in [0.05, 0.1) is 18.0 Å². The number of hydrogen-bond acceptors (Lipinski definition) is 7. The Labute approximate surface area is 189 Å². The number of aliphatic hydroxyl groups excluding tert-OH is 1. The molecule has 0 spiro atoms. The number of nitrogens with zero attached hydrogens (tertiary/aromatic N) is 4. The average Bonchev–Trinajstić information content (AvgIpc) is 3.15. The van der Waals surface area contributed by atoms with Gasteiger partial charge in [-0.25, -0.2) is 18.7 Å². The highest BCUT2D eigenvalue weighted by Gasteiger charge is 2.25. The van der Waals surface area contributed by atoms with Gasteiger partial charge >= 0.3 is 0 Å². The summed E-state index contributed by atoms with van der Waals surface area (Å²) < 4.78 is 29.7. The Bertz CT molecular complexity index is 1100. The summed E-state index contributed by atoms with van der Waals surface area (Å²) in [6.07, 6.45) is 6.68. The predicted octanol–water partition coefficient (Wildman–Crippen LogP) is 4.63. The third kappa shape index (κ3) is 4.52. The number of rotatable bonds is 5. The van der Waals surface area contributed by atoms with Gasteiger partial charge in [0.25, 0.3) is 0 Å². The van der Waals surface area contributed by atoms with Gasteiger partial charge in [-0.05, 0) is 62.2 Å².